The Morgan fingerprint density at radius 2 is 1.74 bits per heavy atom. The molecule has 3 nitrogen and oxygen atoms in total. The van der Waals surface area contributed by atoms with Crippen LogP contribution in [0.3, 0.4) is 0 Å². The van der Waals surface area contributed by atoms with Crippen molar-refractivity contribution in [2.75, 3.05) is 0 Å². The molecule has 1 aromatic heterocycles. The first kappa shape index (κ1) is 17.5. The molecule has 1 heterocycles. The number of aromatic nitrogens is 1. The van der Waals surface area contributed by atoms with Crippen molar-refractivity contribution in [3.8, 4) is 0 Å². The third-order valence-corrected chi connectivity index (χ3v) is 3.95. The van der Waals surface area contributed by atoms with Crippen LogP contribution in [0.15, 0.2) is 40.9 Å². The Bertz CT molecular complexity index is 608. The van der Waals surface area contributed by atoms with E-state index in [1.165, 1.54) is 12.0 Å². The van der Waals surface area contributed by atoms with Gasteiger partial charge in [-0.25, -0.2) is 4.98 Å². The number of oxazole rings is 1. The van der Waals surface area contributed by atoms with Crippen molar-refractivity contribution in [2.24, 2.45) is 0 Å². The Balaban J connectivity index is 1.64. The molecule has 2 rings (SSSR count). The largest absolute Gasteiger partial charge is 0.438 e. The number of unbranched alkanes of at least 4 members (excludes halogenated alkanes) is 3. The standard InChI is InChI=1S/C20H27NO2/c1-20(2,3)18-15-21-19(23-18)17(22)14-10-5-4-7-11-16-12-8-6-9-13-16/h6,8-9,12-13,15H,4-5,7,10-11,14H2,1-3H3. The van der Waals surface area contributed by atoms with E-state index in [-0.39, 0.29) is 17.1 Å². The van der Waals surface area contributed by atoms with Gasteiger partial charge >= 0.3 is 0 Å². The molecule has 0 fully saturated rings. The molecular weight excluding hydrogens is 286 g/mol. The Morgan fingerprint density at radius 3 is 2.39 bits per heavy atom. The molecule has 23 heavy (non-hydrogen) atoms. The number of hydrogen-bond acceptors (Lipinski definition) is 3. The van der Waals surface area contributed by atoms with E-state index in [9.17, 15) is 4.79 Å². The molecule has 0 spiro atoms. The SMILES string of the molecule is CC(C)(C)c1cnc(C(=O)CCCCCCc2ccccc2)o1. The monoisotopic (exact) mass is 313 g/mol. The van der Waals surface area contributed by atoms with Gasteiger partial charge in [0.2, 0.25) is 5.78 Å². The van der Waals surface area contributed by atoms with E-state index in [4.69, 9.17) is 4.42 Å². The highest BCUT2D eigenvalue weighted by molar-refractivity contribution is 5.91. The normalized spacial score (nSPS) is 11.6. The van der Waals surface area contributed by atoms with Crippen molar-refractivity contribution < 1.29 is 9.21 Å². The average Bonchev–Trinajstić information content (AvgIpc) is 3.02. The van der Waals surface area contributed by atoms with Crippen molar-refractivity contribution >= 4 is 5.78 Å². The lowest BCUT2D eigenvalue weighted by Gasteiger charge is -2.12. The van der Waals surface area contributed by atoms with Gasteiger partial charge in [-0.05, 0) is 24.8 Å². The van der Waals surface area contributed by atoms with Crippen molar-refractivity contribution in [3.63, 3.8) is 0 Å². The van der Waals surface area contributed by atoms with E-state index in [0.717, 1.165) is 31.4 Å². The van der Waals surface area contributed by atoms with Gasteiger partial charge in [0, 0.05) is 11.8 Å². The number of aryl methyl sites for hydroxylation is 1. The lowest BCUT2D eigenvalue weighted by atomic mass is 9.94. The van der Waals surface area contributed by atoms with Gasteiger partial charge in [0.15, 0.2) is 0 Å². The molecular formula is C20H27NO2. The zero-order chi connectivity index (χ0) is 16.7. The summed E-state index contributed by atoms with van der Waals surface area (Å²) in [6, 6.07) is 10.5. The third kappa shape index (κ3) is 5.66. The lowest BCUT2D eigenvalue weighted by molar-refractivity contribution is 0.0942. The summed E-state index contributed by atoms with van der Waals surface area (Å²) in [6.07, 6.45) is 7.62. The maximum Gasteiger partial charge on any atom is 0.263 e. The molecule has 0 bridgehead atoms. The molecule has 0 saturated carbocycles. The highest BCUT2D eigenvalue weighted by Crippen LogP contribution is 2.23. The molecule has 3 heteroatoms. The first-order valence-electron chi connectivity index (χ1n) is 8.50. The molecule has 0 aliphatic rings. The van der Waals surface area contributed by atoms with Crippen molar-refractivity contribution in [2.45, 2.75) is 64.7 Å². The fourth-order valence-corrected chi connectivity index (χ4v) is 2.47. The van der Waals surface area contributed by atoms with Crippen LogP contribution in [0.2, 0.25) is 0 Å². The van der Waals surface area contributed by atoms with Crippen LogP contribution < -0.4 is 0 Å². The number of benzene rings is 1. The topological polar surface area (TPSA) is 43.1 Å². The molecule has 2 aromatic rings. The minimum Gasteiger partial charge on any atom is -0.438 e. The number of rotatable bonds is 8. The van der Waals surface area contributed by atoms with Gasteiger partial charge in [0.05, 0.1) is 6.20 Å². The van der Waals surface area contributed by atoms with E-state index in [1.807, 2.05) is 6.07 Å². The quantitative estimate of drug-likeness (QED) is 0.487. The predicted molar refractivity (Wildman–Crippen MR) is 92.8 cm³/mol. The Morgan fingerprint density at radius 1 is 1.04 bits per heavy atom. The molecule has 0 saturated heterocycles. The number of ketones is 1. The van der Waals surface area contributed by atoms with Gasteiger partial charge in [-0.15, -0.1) is 0 Å². The third-order valence-electron chi connectivity index (χ3n) is 3.95. The van der Waals surface area contributed by atoms with Crippen molar-refractivity contribution in [1.82, 2.24) is 4.98 Å². The molecule has 0 aliphatic carbocycles. The summed E-state index contributed by atoms with van der Waals surface area (Å²) in [4.78, 5) is 16.2. The van der Waals surface area contributed by atoms with Crippen molar-refractivity contribution in [3.05, 3.63) is 53.7 Å². The number of carbonyl (C=O) groups is 1. The molecule has 0 atom stereocenters. The Hall–Kier alpha value is -1.90. The summed E-state index contributed by atoms with van der Waals surface area (Å²) in [6.45, 7) is 6.15. The van der Waals surface area contributed by atoms with Crippen molar-refractivity contribution in [1.29, 1.82) is 0 Å². The summed E-state index contributed by atoms with van der Waals surface area (Å²) in [5, 5.41) is 0. The van der Waals surface area contributed by atoms with Gasteiger partial charge in [-0.1, -0.05) is 63.9 Å². The van der Waals surface area contributed by atoms with Crippen LogP contribution >= 0.6 is 0 Å². The van der Waals surface area contributed by atoms with Crippen LogP contribution in [0.1, 0.15) is 74.9 Å². The minimum absolute atomic E-state index is 0.0172. The van der Waals surface area contributed by atoms with Crippen LogP contribution in [0.4, 0.5) is 0 Å². The van der Waals surface area contributed by atoms with E-state index in [1.54, 1.807) is 6.20 Å². The van der Waals surface area contributed by atoms with Crippen LogP contribution in [-0.2, 0) is 11.8 Å². The summed E-state index contributed by atoms with van der Waals surface area (Å²) in [5.74, 6) is 1.05. The van der Waals surface area contributed by atoms with Crippen LogP contribution in [0, 0.1) is 0 Å². The Labute approximate surface area is 139 Å². The van der Waals surface area contributed by atoms with E-state index in [0.29, 0.717) is 6.42 Å². The fourth-order valence-electron chi connectivity index (χ4n) is 2.47. The van der Waals surface area contributed by atoms with Crippen LogP contribution in [0.25, 0.3) is 0 Å². The molecule has 0 unspecified atom stereocenters. The zero-order valence-corrected chi connectivity index (χ0v) is 14.5. The summed E-state index contributed by atoms with van der Waals surface area (Å²) < 4.78 is 5.59. The maximum atomic E-state index is 12.1. The smallest absolute Gasteiger partial charge is 0.263 e. The fraction of sp³-hybridized carbons (Fsp3) is 0.500. The zero-order valence-electron chi connectivity index (χ0n) is 14.5. The van der Waals surface area contributed by atoms with E-state index < -0.39 is 0 Å². The number of carbonyl (C=O) groups excluding carboxylic acids is 1. The van der Waals surface area contributed by atoms with Gasteiger partial charge in [-0.2, -0.15) is 0 Å². The molecule has 1 aromatic carbocycles. The summed E-state index contributed by atoms with van der Waals surface area (Å²) in [7, 11) is 0. The van der Waals surface area contributed by atoms with Crippen LogP contribution in [-0.4, -0.2) is 10.8 Å². The van der Waals surface area contributed by atoms with Gasteiger partial charge in [0.25, 0.3) is 5.89 Å². The number of nitrogens with zero attached hydrogens (tertiary/aromatic N) is 1. The second-order valence-electron chi connectivity index (χ2n) is 7.10. The summed E-state index contributed by atoms with van der Waals surface area (Å²) >= 11 is 0. The second-order valence-corrected chi connectivity index (χ2v) is 7.10. The predicted octanol–water partition coefficient (Wildman–Crippen LogP) is 5.35. The average molecular weight is 313 g/mol. The first-order chi connectivity index (χ1) is 11.0. The van der Waals surface area contributed by atoms with E-state index in [2.05, 4.69) is 50.0 Å². The molecule has 0 aliphatic heterocycles. The Kier molecular flexibility index (Phi) is 6.14. The first-order valence-corrected chi connectivity index (χ1v) is 8.50. The van der Waals surface area contributed by atoms with Gasteiger partial charge in [0.1, 0.15) is 5.76 Å². The minimum atomic E-state index is -0.108. The second kappa shape index (κ2) is 8.09. The maximum absolute atomic E-state index is 12.1. The highest BCUT2D eigenvalue weighted by atomic mass is 16.4. The van der Waals surface area contributed by atoms with Gasteiger partial charge in [-0.3, -0.25) is 4.79 Å². The number of hydrogen-bond donors (Lipinski definition) is 0. The summed E-state index contributed by atoms with van der Waals surface area (Å²) in [5.41, 5.74) is 1.28. The van der Waals surface area contributed by atoms with Gasteiger partial charge < -0.3 is 4.42 Å². The molecule has 0 N–H and O–H groups in total. The highest BCUT2D eigenvalue weighted by Gasteiger charge is 2.21. The molecule has 124 valence electrons. The number of Topliss-reactive ketones (excluding diaryl/α,β-unsaturated/α-hetero) is 1. The molecule has 0 amide bonds. The van der Waals surface area contributed by atoms with Crippen LogP contribution in [0.5, 0.6) is 0 Å². The lowest BCUT2D eigenvalue weighted by Crippen LogP contribution is -2.09. The molecule has 0 radical (unpaired) electrons. The van der Waals surface area contributed by atoms with E-state index >= 15 is 0 Å².